The van der Waals surface area contributed by atoms with Crippen LogP contribution in [0.3, 0.4) is 0 Å². The van der Waals surface area contributed by atoms with Crippen molar-refractivity contribution >= 4 is 44.2 Å². The van der Waals surface area contributed by atoms with E-state index in [1.165, 1.54) is 0 Å². The minimum absolute atomic E-state index is 0.0596. The van der Waals surface area contributed by atoms with Crippen LogP contribution in [0.4, 0.5) is 5.13 Å². The molecule has 3 rings (SSSR count). The van der Waals surface area contributed by atoms with Gasteiger partial charge in [-0.25, -0.2) is 4.98 Å². The van der Waals surface area contributed by atoms with Gasteiger partial charge in [0.15, 0.2) is 5.13 Å². The molecule has 0 radical (unpaired) electrons. The van der Waals surface area contributed by atoms with Crippen molar-refractivity contribution in [3.05, 3.63) is 23.2 Å². The Morgan fingerprint density at radius 3 is 3.20 bits per heavy atom. The van der Waals surface area contributed by atoms with E-state index in [1.807, 2.05) is 18.2 Å². The first-order valence-electron chi connectivity index (χ1n) is 6.70. The fraction of sp³-hybridized carbons (Fsp3) is 0.429. The van der Waals surface area contributed by atoms with Crippen molar-refractivity contribution in [3.63, 3.8) is 0 Å². The zero-order valence-electron chi connectivity index (χ0n) is 11.2. The molecular weight excluding hydrogens is 294 g/mol. The Morgan fingerprint density at radius 2 is 2.40 bits per heavy atom. The third-order valence-electron chi connectivity index (χ3n) is 3.65. The van der Waals surface area contributed by atoms with Gasteiger partial charge in [0.25, 0.3) is 0 Å². The summed E-state index contributed by atoms with van der Waals surface area (Å²) in [6, 6.07) is 5.74. The molecule has 1 aromatic heterocycles. The van der Waals surface area contributed by atoms with Gasteiger partial charge in [-0.3, -0.25) is 4.79 Å². The summed E-state index contributed by atoms with van der Waals surface area (Å²) in [7, 11) is 1.70. The molecule has 1 aliphatic rings. The lowest BCUT2D eigenvalue weighted by Crippen LogP contribution is -2.42. The third-order valence-corrected chi connectivity index (χ3v) is 4.96. The molecule has 2 aromatic rings. The average Bonchev–Trinajstić information content (AvgIpc) is 2.89. The highest BCUT2D eigenvalue weighted by atomic mass is 35.5. The van der Waals surface area contributed by atoms with Crippen LogP contribution in [0.2, 0.25) is 5.02 Å². The van der Waals surface area contributed by atoms with Gasteiger partial charge in [0.1, 0.15) is 0 Å². The Morgan fingerprint density at radius 1 is 1.55 bits per heavy atom. The van der Waals surface area contributed by atoms with Gasteiger partial charge in [-0.1, -0.05) is 22.9 Å². The Balaban J connectivity index is 1.84. The maximum absolute atomic E-state index is 11.8. The summed E-state index contributed by atoms with van der Waals surface area (Å²) < 4.78 is 1.09. The van der Waals surface area contributed by atoms with E-state index in [1.54, 1.807) is 18.4 Å². The molecule has 6 heteroatoms. The number of benzene rings is 1. The van der Waals surface area contributed by atoms with Crippen LogP contribution in [0.25, 0.3) is 10.2 Å². The first kappa shape index (κ1) is 13.6. The molecule has 0 spiro atoms. The topological polar surface area (TPSA) is 45.2 Å². The minimum atomic E-state index is 0.0596. The van der Waals surface area contributed by atoms with E-state index in [4.69, 9.17) is 11.6 Å². The second kappa shape index (κ2) is 5.58. The molecule has 1 aromatic carbocycles. The smallest absolute Gasteiger partial charge is 0.224 e. The van der Waals surface area contributed by atoms with Crippen LogP contribution in [-0.4, -0.2) is 31.0 Å². The molecule has 2 heterocycles. The van der Waals surface area contributed by atoms with Gasteiger partial charge in [-0.05, 0) is 31.0 Å². The van der Waals surface area contributed by atoms with E-state index >= 15 is 0 Å². The number of nitrogens with one attached hydrogen (secondary N) is 1. The maximum Gasteiger partial charge on any atom is 0.224 e. The number of piperidine rings is 1. The summed E-state index contributed by atoms with van der Waals surface area (Å²) in [4.78, 5) is 18.6. The number of nitrogens with zero attached hydrogens (tertiary/aromatic N) is 2. The Hall–Kier alpha value is -1.33. The average molecular weight is 310 g/mol. The minimum Gasteiger partial charge on any atom is -0.359 e. The second-order valence-corrected chi connectivity index (χ2v) is 6.45. The first-order chi connectivity index (χ1) is 9.67. The SMILES string of the molecule is CNC(=O)C1CCCN(c2nc3ccc(Cl)cc3s2)C1. The summed E-state index contributed by atoms with van der Waals surface area (Å²) >= 11 is 7.65. The number of thiazole rings is 1. The van der Waals surface area contributed by atoms with E-state index in [-0.39, 0.29) is 11.8 Å². The largest absolute Gasteiger partial charge is 0.359 e. The molecular formula is C14H16ClN3OS. The van der Waals surface area contributed by atoms with Crippen LogP contribution in [0.5, 0.6) is 0 Å². The van der Waals surface area contributed by atoms with Crippen molar-refractivity contribution in [2.45, 2.75) is 12.8 Å². The van der Waals surface area contributed by atoms with Gasteiger partial charge in [0.05, 0.1) is 16.1 Å². The highest BCUT2D eigenvalue weighted by Gasteiger charge is 2.26. The molecule has 1 unspecified atom stereocenters. The molecule has 1 amide bonds. The van der Waals surface area contributed by atoms with Crippen molar-refractivity contribution in [2.75, 3.05) is 25.0 Å². The molecule has 1 atom stereocenters. The van der Waals surface area contributed by atoms with Crippen molar-refractivity contribution in [3.8, 4) is 0 Å². The normalized spacial score (nSPS) is 19.3. The quantitative estimate of drug-likeness (QED) is 0.928. The Bertz CT molecular complexity index is 642. The van der Waals surface area contributed by atoms with Gasteiger partial charge < -0.3 is 10.2 Å². The van der Waals surface area contributed by atoms with Crippen molar-refractivity contribution in [1.29, 1.82) is 0 Å². The fourth-order valence-corrected chi connectivity index (χ4v) is 3.87. The number of carbonyl (C=O) groups is 1. The molecule has 20 heavy (non-hydrogen) atoms. The number of amides is 1. The molecule has 1 fully saturated rings. The van der Waals surface area contributed by atoms with Crippen LogP contribution in [0, 0.1) is 5.92 Å². The summed E-state index contributed by atoms with van der Waals surface area (Å²) in [5.74, 6) is 0.184. The molecule has 0 aliphatic carbocycles. The number of carbonyl (C=O) groups excluding carboxylic acids is 1. The standard InChI is InChI=1S/C14H16ClN3OS/c1-16-13(19)9-3-2-6-18(8-9)14-17-11-5-4-10(15)7-12(11)20-14/h4-5,7,9H,2-3,6,8H2,1H3,(H,16,19). The van der Waals surface area contributed by atoms with Crippen LogP contribution < -0.4 is 10.2 Å². The van der Waals surface area contributed by atoms with Gasteiger partial charge in [0, 0.05) is 25.2 Å². The Labute approximate surface area is 126 Å². The van der Waals surface area contributed by atoms with Crippen molar-refractivity contribution in [1.82, 2.24) is 10.3 Å². The third kappa shape index (κ3) is 2.60. The molecule has 1 saturated heterocycles. The molecule has 4 nitrogen and oxygen atoms in total. The predicted molar refractivity (Wildman–Crippen MR) is 83.6 cm³/mol. The Kier molecular flexibility index (Phi) is 3.81. The second-order valence-electron chi connectivity index (χ2n) is 5.01. The van der Waals surface area contributed by atoms with E-state index in [0.29, 0.717) is 0 Å². The van der Waals surface area contributed by atoms with Gasteiger partial charge in [-0.2, -0.15) is 0 Å². The lowest BCUT2D eigenvalue weighted by atomic mass is 9.98. The summed E-state index contributed by atoms with van der Waals surface area (Å²) in [6.07, 6.45) is 1.97. The molecule has 0 bridgehead atoms. The monoisotopic (exact) mass is 309 g/mol. The lowest BCUT2D eigenvalue weighted by molar-refractivity contribution is -0.124. The highest BCUT2D eigenvalue weighted by molar-refractivity contribution is 7.22. The van der Waals surface area contributed by atoms with Gasteiger partial charge in [0.2, 0.25) is 5.91 Å². The van der Waals surface area contributed by atoms with Crippen LogP contribution in [0.1, 0.15) is 12.8 Å². The van der Waals surface area contributed by atoms with E-state index in [0.717, 1.165) is 46.3 Å². The number of rotatable bonds is 2. The summed E-state index contributed by atoms with van der Waals surface area (Å²) in [6.45, 7) is 1.70. The zero-order chi connectivity index (χ0) is 14.1. The number of aromatic nitrogens is 1. The highest BCUT2D eigenvalue weighted by Crippen LogP contribution is 2.32. The summed E-state index contributed by atoms with van der Waals surface area (Å²) in [5.41, 5.74) is 0.969. The molecule has 106 valence electrons. The number of fused-ring (bicyclic) bond motifs is 1. The summed E-state index contributed by atoms with van der Waals surface area (Å²) in [5, 5.41) is 4.45. The van der Waals surface area contributed by atoms with Crippen LogP contribution in [0.15, 0.2) is 18.2 Å². The molecule has 0 saturated carbocycles. The van der Waals surface area contributed by atoms with Crippen molar-refractivity contribution in [2.24, 2.45) is 5.92 Å². The molecule has 1 N–H and O–H groups in total. The fourth-order valence-electron chi connectivity index (χ4n) is 2.59. The molecule has 1 aliphatic heterocycles. The zero-order valence-corrected chi connectivity index (χ0v) is 12.8. The van der Waals surface area contributed by atoms with Gasteiger partial charge >= 0.3 is 0 Å². The van der Waals surface area contributed by atoms with Gasteiger partial charge in [-0.15, -0.1) is 0 Å². The van der Waals surface area contributed by atoms with E-state index in [2.05, 4.69) is 15.2 Å². The lowest BCUT2D eigenvalue weighted by Gasteiger charge is -2.31. The van der Waals surface area contributed by atoms with Crippen LogP contribution >= 0.6 is 22.9 Å². The van der Waals surface area contributed by atoms with E-state index < -0.39 is 0 Å². The number of hydrogen-bond donors (Lipinski definition) is 1. The first-order valence-corrected chi connectivity index (χ1v) is 7.89. The number of hydrogen-bond acceptors (Lipinski definition) is 4. The number of anilines is 1. The number of halogens is 1. The van der Waals surface area contributed by atoms with Crippen LogP contribution in [-0.2, 0) is 4.79 Å². The van der Waals surface area contributed by atoms with E-state index in [9.17, 15) is 4.79 Å². The van der Waals surface area contributed by atoms with Crippen molar-refractivity contribution < 1.29 is 4.79 Å². The predicted octanol–water partition coefficient (Wildman–Crippen LogP) is 2.91. The maximum atomic E-state index is 11.8.